The molecule has 1 fully saturated rings. The topological polar surface area (TPSA) is 53.4 Å². The average molecular weight is 248 g/mol. The quantitative estimate of drug-likeness (QED) is 0.883. The van der Waals surface area contributed by atoms with E-state index in [4.69, 9.17) is 0 Å². The zero-order valence-electron chi connectivity index (χ0n) is 10.8. The maximum atomic E-state index is 11.7. The Kier molecular flexibility index (Phi) is 3.97. The van der Waals surface area contributed by atoms with Crippen LogP contribution in [0.3, 0.4) is 0 Å². The molecular weight excluding hydrogens is 228 g/mol. The lowest BCUT2D eigenvalue weighted by Gasteiger charge is -2.39. The summed E-state index contributed by atoms with van der Waals surface area (Å²) in [5, 5.41) is 9.62. The number of hydrogen-bond acceptors (Lipinski definition) is 3. The standard InChI is InChI=1S/C14H20N2O2/c1-2-16-9-3-6-14(11-16,13(17)18)10-12-4-7-15-8-5-12/h4-5,7-8H,2-3,6,9-11H2,1H3,(H,17,18). The van der Waals surface area contributed by atoms with E-state index in [-0.39, 0.29) is 0 Å². The SMILES string of the molecule is CCN1CCCC(Cc2ccncc2)(C(=O)O)C1. The first-order valence-electron chi connectivity index (χ1n) is 6.51. The van der Waals surface area contributed by atoms with Crippen LogP contribution in [0.2, 0.25) is 0 Å². The summed E-state index contributed by atoms with van der Waals surface area (Å²) in [4.78, 5) is 17.9. The van der Waals surface area contributed by atoms with Crippen LogP contribution in [0.5, 0.6) is 0 Å². The van der Waals surface area contributed by atoms with Crippen LogP contribution in [-0.4, -0.2) is 40.6 Å². The molecule has 1 unspecified atom stereocenters. The van der Waals surface area contributed by atoms with Crippen LogP contribution in [-0.2, 0) is 11.2 Å². The fraction of sp³-hybridized carbons (Fsp3) is 0.571. The van der Waals surface area contributed by atoms with E-state index in [1.807, 2.05) is 12.1 Å². The van der Waals surface area contributed by atoms with E-state index in [9.17, 15) is 9.90 Å². The molecule has 1 aromatic heterocycles. The normalized spacial score (nSPS) is 24.9. The van der Waals surface area contributed by atoms with Crippen molar-refractivity contribution in [2.24, 2.45) is 5.41 Å². The third-order valence-corrected chi connectivity index (χ3v) is 3.85. The van der Waals surface area contributed by atoms with Gasteiger partial charge >= 0.3 is 5.97 Å². The van der Waals surface area contributed by atoms with Crippen molar-refractivity contribution in [2.45, 2.75) is 26.2 Å². The third kappa shape index (κ3) is 2.70. The van der Waals surface area contributed by atoms with Crippen molar-refractivity contribution in [3.05, 3.63) is 30.1 Å². The third-order valence-electron chi connectivity index (χ3n) is 3.85. The molecule has 1 aliphatic heterocycles. The molecule has 0 saturated carbocycles. The minimum Gasteiger partial charge on any atom is -0.481 e. The molecule has 1 aliphatic rings. The van der Waals surface area contributed by atoms with Crippen molar-refractivity contribution in [1.82, 2.24) is 9.88 Å². The average Bonchev–Trinajstić information content (AvgIpc) is 2.40. The number of carboxylic acids is 1. The number of aliphatic carboxylic acids is 1. The van der Waals surface area contributed by atoms with Crippen molar-refractivity contribution < 1.29 is 9.90 Å². The van der Waals surface area contributed by atoms with Gasteiger partial charge in [0.1, 0.15) is 0 Å². The van der Waals surface area contributed by atoms with E-state index >= 15 is 0 Å². The van der Waals surface area contributed by atoms with Gasteiger partial charge in [-0.05, 0) is 50.0 Å². The highest BCUT2D eigenvalue weighted by Gasteiger charge is 2.41. The van der Waals surface area contributed by atoms with Gasteiger partial charge < -0.3 is 10.0 Å². The summed E-state index contributed by atoms with van der Waals surface area (Å²) >= 11 is 0. The lowest BCUT2D eigenvalue weighted by molar-refractivity contribution is -0.152. The predicted octanol–water partition coefficient (Wildman–Crippen LogP) is 1.81. The monoisotopic (exact) mass is 248 g/mol. The zero-order chi connectivity index (χ0) is 13.0. The minimum atomic E-state index is -0.669. The molecule has 1 saturated heterocycles. The van der Waals surface area contributed by atoms with E-state index < -0.39 is 11.4 Å². The Bertz CT molecular complexity index is 408. The molecule has 0 aromatic carbocycles. The Morgan fingerprint density at radius 3 is 2.83 bits per heavy atom. The van der Waals surface area contributed by atoms with Crippen LogP contribution in [0.1, 0.15) is 25.3 Å². The van der Waals surface area contributed by atoms with Crippen molar-refractivity contribution in [3.8, 4) is 0 Å². The summed E-state index contributed by atoms with van der Waals surface area (Å²) in [6.07, 6.45) is 5.78. The first-order chi connectivity index (χ1) is 8.66. The lowest BCUT2D eigenvalue weighted by Crippen LogP contribution is -2.49. The summed E-state index contributed by atoms with van der Waals surface area (Å²) in [5.41, 5.74) is 0.431. The van der Waals surface area contributed by atoms with Crippen molar-refractivity contribution >= 4 is 5.97 Å². The minimum absolute atomic E-state index is 0.599. The Hall–Kier alpha value is -1.42. The molecule has 4 nitrogen and oxygen atoms in total. The Morgan fingerprint density at radius 1 is 1.50 bits per heavy atom. The van der Waals surface area contributed by atoms with Gasteiger partial charge in [0.2, 0.25) is 0 Å². The van der Waals surface area contributed by atoms with Gasteiger partial charge in [-0.2, -0.15) is 0 Å². The summed E-state index contributed by atoms with van der Waals surface area (Å²) in [5.74, 6) is -0.669. The van der Waals surface area contributed by atoms with Gasteiger partial charge in [-0.25, -0.2) is 0 Å². The number of nitrogens with zero attached hydrogens (tertiary/aromatic N) is 2. The van der Waals surface area contributed by atoms with Crippen molar-refractivity contribution in [1.29, 1.82) is 0 Å². The Balaban J connectivity index is 2.19. The molecule has 1 N–H and O–H groups in total. The van der Waals surface area contributed by atoms with Crippen LogP contribution in [0, 0.1) is 5.41 Å². The number of hydrogen-bond donors (Lipinski definition) is 1. The molecule has 2 rings (SSSR count). The Morgan fingerprint density at radius 2 is 2.22 bits per heavy atom. The molecule has 18 heavy (non-hydrogen) atoms. The van der Waals surface area contributed by atoms with Crippen molar-refractivity contribution in [2.75, 3.05) is 19.6 Å². The number of piperidine rings is 1. The van der Waals surface area contributed by atoms with Gasteiger partial charge in [-0.1, -0.05) is 6.92 Å². The van der Waals surface area contributed by atoms with Crippen LogP contribution in [0.25, 0.3) is 0 Å². The van der Waals surface area contributed by atoms with E-state index in [1.165, 1.54) is 0 Å². The molecular formula is C14H20N2O2. The largest absolute Gasteiger partial charge is 0.481 e. The summed E-state index contributed by atoms with van der Waals surface area (Å²) < 4.78 is 0. The molecule has 0 spiro atoms. The highest BCUT2D eigenvalue weighted by Crippen LogP contribution is 2.33. The lowest BCUT2D eigenvalue weighted by atomic mass is 9.75. The van der Waals surface area contributed by atoms with Crippen molar-refractivity contribution in [3.63, 3.8) is 0 Å². The fourth-order valence-electron chi connectivity index (χ4n) is 2.78. The number of aromatic nitrogens is 1. The number of pyridine rings is 1. The molecule has 0 aliphatic carbocycles. The summed E-state index contributed by atoms with van der Waals surface area (Å²) in [7, 11) is 0. The molecule has 0 bridgehead atoms. The molecule has 98 valence electrons. The number of likely N-dealkylation sites (tertiary alicyclic amines) is 1. The smallest absolute Gasteiger partial charge is 0.311 e. The molecule has 0 amide bonds. The number of carbonyl (C=O) groups is 1. The van der Waals surface area contributed by atoms with Crippen LogP contribution < -0.4 is 0 Å². The van der Waals surface area contributed by atoms with Crippen LogP contribution in [0.15, 0.2) is 24.5 Å². The molecule has 4 heteroatoms. The first kappa shape index (κ1) is 13.0. The maximum absolute atomic E-state index is 11.7. The van der Waals surface area contributed by atoms with Gasteiger partial charge in [0.15, 0.2) is 0 Å². The van der Waals surface area contributed by atoms with E-state index in [2.05, 4.69) is 16.8 Å². The van der Waals surface area contributed by atoms with Crippen LogP contribution in [0.4, 0.5) is 0 Å². The zero-order valence-corrected chi connectivity index (χ0v) is 10.8. The fourth-order valence-corrected chi connectivity index (χ4v) is 2.78. The van der Waals surface area contributed by atoms with Crippen LogP contribution >= 0.6 is 0 Å². The first-order valence-corrected chi connectivity index (χ1v) is 6.51. The van der Waals surface area contributed by atoms with Gasteiger partial charge in [-0.3, -0.25) is 9.78 Å². The molecule has 1 atom stereocenters. The second kappa shape index (κ2) is 5.48. The second-order valence-electron chi connectivity index (χ2n) is 5.09. The van der Waals surface area contributed by atoms with E-state index in [0.29, 0.717) is 13.0 Å². The van der Waals surface area contributed by atoms with E-state index in [1.54, 1.807) is 12.4 Å². The molecule has 1 aromatic rings. The van der Waals surface area contributed by atoms with Gasteiger partial charge in [0, 0.05) is 18.9 Å². The maximum Gasteiger partial charge on any atom is 0.311 e. The van der Waals surface area contributed by atoms with Gasteiger partial charge in [0.25, 0.3) is 0 Å². The molecule has 2 heterocycles. The molecule has 0 radical (unpaired) electrons. The Labute approximate surface area is 108 Å². The highest BCUT2D eigenvalue weighted by molar-refractivity contribution is 5.75. The highest BCUT2D eigenvalue weighted by atomic mass is 16.4. The van der Waals surface area contributed by atoms with E-state index in [0.717, 1.165) is 31.5 Å². The number of carboxylic acid groups (broad SMARTS) is 1. The number of rotatable bonds is 4. The van der Waals surface area contributed by atoms with Gasteiger partial charge in [-0.15, -0.1) is 0 Å². The summed E-state index contributed by atoms with van der Waals surface area (Å²) in [6, 6.07) is 3.82. The predicted molar refractivity (Wildman–Crippen MR) is 69.4 cm³/mol. The van der Waals surface area contributed by atoms with Gasteiger partial charge in [0.05, 0.1) is 5.41 Å². The second-order valence-corrected chi connectivity index (χ2v) is 5.09. The summed E-state index contributed by atoms with van der Waals surface area (Å²) in [6.45, 7) is 4.68.